The summed E-state index contributed by atoms with van der Waals surface area (Å²) in [5, 5.41) is 0. The standard InChI is InChI=1S/C26H57NO3Si.ClH/c1-7-8-9-10-11-12-13-14-15-16-17-18-19-20-21-23-26(2,3)25(22-24-27)31(28-4,29-5)30-6;/h25H,7-24,27H2,1-6H3;1H. The van der Waals surface area contributed by atoms with Crippen LogP contribution >= 0.6 is 12.4 Å². The Bertz CT molecular complexity index is 387. The van der Waals surface area contributed by atoms with Crippen molar-refractivity contribution in [2.24, 2.45) is 11.1 Å². The van der Waals surface area contributed by atoms with Crippen LogP contribution in [0, 0.1) is 5.41 Å². The second-order valence-electron chi connectivity index (χ2n) is 10.0. The zero-order chi connectivity index (χ0) is 23.4. The normalized spacial score (nSPS) is 13.2. The van der Waals surface area contributed by atoms with Crippen molar-refractivity contribution < 1.29 is 13.3 Å². The second-order valence-corrected chi connectivity index (χ2v) is 13.2. The lowest BCUT2D eigenvalue weighted by atomic mass is 9.81. The van der Waals surface area contributed by atoms with E-state index in [4.69, 9.17) is 19.0 Å². The first-order valence-electron chi connectivity index (χ1n) is 13.3. The SMILES string of the molecule is CCCCCCCCCCCCCCCCCC(C)(C)C(CCN)[Si](OC)(OC)OC.Cl. The van der Waals surface area contributed by atoms with Gasteiger partial charge in [-0.3, -0.25) is 0 Å². The molecular weight excluding hydrogens is 438 g/mol. The molecule has 0 aliphatic heterocycles. The third-order valence-corrected chi connectivity index (χ3v) is 10.7. The van der Waals surface area contributed by atoms with Gasteiger partial charge in [0.1, 0.15) is 0 Å². The highest BCUT2D eigenvalue weighted by Gasteiger charge is 2.53. The summed E-state index contributed by atoms with van der Waals surface area (Å²) in [6.45, 7) is 7.58. The van der Waals surface area contributed by atoms with Crippen molar-refractivity contribution in [2.75, 3.05) is 27.9 Å². The lowest BCUT2D eigenvalue weighted by Gasteiger charge is -2.42. The maximum Gasteiger partial charge on any atom is 0.504 e. The fraction of sp³-hybridized carbons (Fsp3) is 1.00. The molecule has 0 heterocycles. The van der Waals surface area contributed by atoms with Crippen molar-refractivity contribution in [2.45, 2.75) is 135 Å². The van der Waals surface area contributed by atoms with Crippen LogP contribution in [-0.2, 0) is 13.3 Å². The number of rotatable bonds is 23. The van der Waals surface area contributed by atoms with Crippen molar-refractivity contribution in [3.8, 4) is 0 Å². The van der Waals surface area contributed by atoms with E-state index in [1.54, 1.807) is 21.3 Å². The van der Waals surface area contributed by atoms with Crippen molar-refractivity contribution >= 4 is 21.2 Å². The van der Waals surface area contributed by atoms with Crippen LogP contribution in [0.4, 0.5) is 0 Å². The smallest absolute Gasteiger partial charge is 0.377 e. The van der Waals surface area contributed by atoms with E-state index in [1.807, 2.05) is 0 Å². The summed E-state index contributed by atoms with van der Waals surface area (Å²) < 4.78 is 17.4. The zero-order valence-corrected chi connectivity index (χ0v) is 24.3. The Kier molecular flexibility index (Phi) is 23.6. The van der Waals surface area contributed by atoms with E-state index in [0.29, 0.717) is 6.54 Å². The van der Waals surface area contributed by atoms with Gasteiger partial charge in [0.25, 0.3) is 0 Å². The van der Waals surface area contributed by atoms with Crippen LogP contribution < -0.4 is 5.73 Å². The Hall–Kier alpha value is 0.347. The number of unbranched alkanes of at least 4 members (excludes halogenated alkanes) is 14. The Morgan fingerprint density at radius 1 is 0.656 bits per heavy atom. The van der Waals surface area contributed by atoms with E-state index in [-0.39, 0.29) is 23.4 Å². The third-order valence-electron chi connectivity index (χ3n) is 7.10. The molecule has 0 saturated heterocycles. The van der Waals surface area contributed by atoms with E-state index in [9.17, 15) is 0 Å². The molecule has 32 heavy (non-hydrogen) atoms. The fourth-order valence-corrected chi connectivity index (χ4v) is 7.99. The van der Waals surface area contributed by atoms with E-state index in [2.05, 4.69) is 20.8 Å². The number of nitrogens with two attached hydrogens (primary N) is 1. The quantitative estimate of drug-likeness (QED) is 0.114. The summed E-state index contributed by atoms with van der Waals surface area (Å²) in [6, 6.07) is 0. The van der Waals surface area contributed by atoms with Crippen LogP contribution in [0.3, 0.4) is 0 Å². The van der Waals surface area contributed by atoms with Gasteiger partial charge in [0, 0.05) is 26.9 Å². The van der Waals surface area contributed by atoms with E-state index < -0.39 is 8.80 Å². The van der Waals surface area contributed by atoms with Crippen LogP contribution in [-0.4, -0.2) is 36.7 Å². The predicted octanol–water partition coefficient (Wildman–Crippen LogP) is 8.29. The topological polar surface area (TPSA) is 53.7 Å². The molecular formula is C26H58ClNO3Si. The molecule has 1 unspecified atom stereocenters. The Morgan fingerprint density at radius 2 is 1.00 bits per heavy atom. The molecule has 0 bridgehead atoms. The number of halogens is 1. The van der Waals surface area contributed by atoms with Gasteiger partial charge in [0.2, 0.25) is 0 Å². The van der Waals surface area contributed by atoms with Crippen LogP contribution in [0.1, 0.15) is 130 Å². The molecule has 1 atom stereocenters. The van der Waals surface area contributed by atoms with Gasteiger partial charge >= 0.3 is 8.80 Å². The minimum absolute atomic E-state index is 0. The third kappa shape index (κ3) is 14.6. The lowest BCUT2D eigenvalue weighted by molar-refractivity contribution is 0.0826. The minimum atomic E-state index is -2.69. The molecule has 6 heteroatoms. The lowest BCUT2D eigenvalue weighted by Crippen LogP contribution is -2.52. The highest BCUT2D eigenvalue weighted by Crippen LogP contribution is 2.46. The summed E-state index contributed by atoms with van der Waals surface area (Å²) in [5.74, 6) is 0. The van der Waals surface area contributed by atoms with Gasteiger partial charge in [-0.25, -0.2) is 0 Å². The first kappa shape index (κ1) is 34.5. The predicted molar refractivity (Wildman–Crippen MR) is 145 cm³/mol. The van der Waals surface area contributed by atoms with Crippen molar-refractivity contribution in [1.29, 1.82) is 0 Å². The fourth-order valence-electron chi connectivity index (χ4n) is 5.02. The molecule has 0 saturated carbocycles. The van der Waals surface area contributed by atoms with E-state index >= 15 is 0 Å². The molecule has 0 aromatic rings. The van der Waals surface area contributed by atoms with Gasteiger partial charge < -0.3 is 19.0 Å². The first-order valence-corrected chi connectivity index (χ1v) is 15.1. The number of hydrogen-bond acceptors (Lipinski definition) is 4. The summed E-state index contributed by atoms with van der Waals surface area (Å²) >= 11 is 0. The highest BCUT2D eigenvalue weighted by atomic mass is 35.5. The highest BCUT2D eigenvalue weighted by molar-refractivity contribution is 6.62. The van der Waals surface area contributed by atoms with Crippen LogP contribution in [0.15, 0.2) is 0 Å². The van der Waals surface area contributed by atoms with Crippen LogP contribution in [0.5, 0.6) is 0 Å². The average molecular weight is 496 g/mol. The second kappa shape index (κ2) is 21.9. The maximum atomic E-state index is 5.93. The summed E-state index contributed by atoms with van der Waals surface area (Å²) in [6.07, 6.45) is 23.1. The Labute approximate surface area is 208 Å². The average Bonchev–Trinajstić information content (AvgIpc) is 2.77. The van der Waals surface area contributed by atoms with Crippen molar-refractivity contribution in [1.82, 2.24) is 0 Å². The molecule has 0 fully saturated rings. The van der Waals surface area contributed by atoms with E-state index in [1.165, 1.54) is 103 Å². The zero-order valence-electron chi connectivity index (χ0n) is 22.5. The van der Waals surface area contributed by atoms with Gasteiger partial charge in [-0.1, -0.05) is 117 Å². The summed E-state index contributed by atoms with van der Waals surface area (Å²) in [5.41, 5.74) is 6.26. The molecule has 4 nitrogen and oxygen atoms in total. The largest absolute Gasteiger partial charge is 0.504 e. The molecule has 0 rings (SSSR count). The van der Waals surface area contributed by atoms with Crippen molar-refractivity contribution in [3.05, 3.63) is 0 Å². The molecule has 0 aliphatic carbocycles. The number of hydrogen-bond donors (Lipinski definition) is 1. The molecule has 0 amide bonds. The van der Waals surface area contributed by atoms with Crippen molar-refractivity contribution in [3.63, 3.8) is 0 Å². The van der Waals surface area contributed by atoms with Gasteiger partial charge in [0.05, 0.1) is 0 Å². The molecule has 0 spiro atoms. The van der Waals surface area contributed by atoms with Crippen LogP contribution in [0.2, 0.25) is 5.54 Å². The van der Waals surface area contributed by atoms with Gasteiger partial charge in [-0.05, 0) is 24.8 Å². The maximum absolute atomic E-state index is 5.93. The molecule has 0 aromatic carbocycles. The van der Waals surface area contributed by atoms with E-state index in [0.717, 1.165) is 6.42 Å². The molecule has 0 aliphatic rings. The Morgan fingerprint density at radius 3 is 1.31 bits per heavy atom. The molecule has 196 valence electrons. The molecule has 2 N–H and O–H groups in total. The summed E-state index contributed by atoms with van der Waals surface area (Å²) in [7, 11) is 2.45. The van der Waals surface area contributed by atoms with Gasteiger partial charge in [0.15, 0.2) is 0 Å². The summed E-state index contributed by atoms with van der Waals surface area (Å²) in [4.78, 5) is 0. The monoisotopic (exact) mass is 495 g/mol. The van der Waals surface area contributed by atoms with Gasteiger partial charge in [-0.2, -0.15) is 0 Å². The molecule has 0 aromatic heterocycles. The van der Waals surface area contributed by atoms with Crippen LogP contribution in [0.25, 0.3) is 0 Å². The minimum Gasteiger partial charge on any atom is -0.377 e. The first-order chi connectivity index (χ1) is 14.9. The Balaban J connectivity index is 0. The van der Waals surface area contributed by atoms with Gasteiger partial charge in [-0.15, -0.1) is 12.4 Å². The molecule has 0 radical (unpaired) electrons.